The zero-order valence-electron chi connectivity index (χ0n) is 12.2. The van der Waals surface area contributed by atoms with Crippen LogP contribution in [0.4, 0.5) is 0 Å². The van der Waals surface area contributed by atoms with Crippen molar-refractivity contribution in [3.63, 3.8) is 0 Å². The van der Waals surface area contributed by atoms with Crippen LogP contribution in [0.5, 0.6) is 0 Å². The van der Waals surface area contributed by atoms with Crippen LogP contribution in [0.3, 0.4) is 0 Å². The minimum atomic E-state index is -2.87. The second kappa shape index (κ2) is 5.72. The average molecular weight is 327 g/mol. The summed E-state index contributed by atoms with van der Waals surface area (Å²) in [5.41, 5.74) is 2.03. The highest BCUT2D eigenvalue weighted by atomic mass is 32.2. The number of fused-ring (bicyclic) bond motifs is 1. The molecule has 0 radical (unpaired) electrons. The fourth-order valence-electron chi connectivity index (χ4n) is 3.23. The standard InChI is InChI=1S/C15H21NO3S2/c1-10-2-3-12-13(8-20-14(12)6-10)15(17)16-7-11-4-5-21(18,19)9-11/h8,10-11H,2-7,9H2,1H3,(H,16,17). The van der Waals surface area contributed by atoms with Crippen LogP contribution in [-0.2, 0) is 22.7 Å². The Kier molecular flexibility index (Phi) is 4.10. The molecule has 0 aromatic carbocycles. The van der Waals surface area contributed by atoms with Gasteiger partial charge >= 0.3 is 0 Å². The molecule has 6 heteroatoms. The molecule has 2 atom stereocenters. The van der Waals surface area contributed by atoms with Crippen molar-refractivity contribution in [2.24, 2.45) is 11.8 Å². The smallest absolute Gasteiger partial charge is 0.252 e. The van der Waals surface area contributed by atoms with Crippen molar-refractivity contribution in [2.75, 3.05) is 18.1 Å². The summed E-state index contributed by atoms with van der Waals surface area (Å²) in [5.74, 6) is 1.22. The maximum absolute atomic E-state index is 12.3. The van der Waals surface area contributed by atoms with E-state index < -0.39 is 9.84 Å². The van der Waals surface area contributed by atoms with E-state index in [0.29, 0.717) is 18.9 Å². The molecule has 116 valence electrons. The van der Waals surface area contributed by atoms with Crippen LogP contribution < -0.4 is 5.32 Å². The molecule has 3 rings (SSSR count). The quantitative estimate of drug-likeness (QED) is 0.924. The fourth-order valence-corrected chi connectivity index (χ4v) is 6.34. The van der Waals surface area contributed by atoms with Crippen molar-refractivity contribution in [2.45, 2.75) is 32.6 Å². The first kappa shape index (κ1) is 15.0. The minimum Gasteiger partial charge on any atom is -0.352 e. The lowest BCUT2D eigenvalue weighted by Crippen LogP contribution is -2.30. The Bertz CT molecular complexity index is 648. The Morgan fingerprint density at radius 2 is 2.24 bits per heavy atom. The predicted molar refractivity (Wildman–Crippen MR) is 84.6 cm³/mol. The first-order chi connectivity index (χ1) is 9.94. The first-order valence-electron chi connectivity index (χ1n) is 7.52. The van der Waals surface area contributed by atoms with E-state index in [-0.39, 0.29) is 23.3 Å². The maximum Gasteiger partial charge on any atom is 0.252 e. The van der Waals surface area contributed by atoms with Crippen LogP contribution in [0.2, 0.25) is 0 Å². The molecule has 2 heterocycles. The molecular formula is C15H21NO3S2. The highest BCUT2D eigenvalue weighted by Crippen LogP contribution is 2.32. The Balaban J connectivity index is 1.62. The molecule has 1 aromatic heterocycles. The third-order valence-corrected chi connectivity index (χ3v) is 7.41. The third-order valence-electron chi connectivity index (χ3n) is 4.52. The topological polar surface area (TPSA) is 63.2 Å². The van der Waals surface area contributed by atoms with Gasteiger partial charge in [0.1, 0.15) is 0 Å². The van der Waals surface area contributed by atoms with Gasteiger partial charge in [0.2, 0.25) is 0 Å². The monoisotopic (exact) mass is 327 g/mol. The van der Waals surface area contributed by atoms with E-state index in [2.05, 4.69) is 12.2 Å². The van der Waals surface area contributed by atoms with E-state index in [1.54, 1.807) is 11.3 Å². The number of thiophene rings is 1. The van der Waals surface area contributed by atoms with E-state index in [1.165, 1.54) is 10.4 Å². The van der Waals surface area contributed by atoms with E-state index in [0.717, 1.165) is 24.8 Å². The summed E-state index contributed by atoms with van der Waals surface area (Å²) in [6.45, 7) is 2.72. The van der Waals surface area contributed by atoms with E-state index >= 15 is 0 Å². The predicted octanol–water partition coefficient (Wildman–Crippen LogP) is 2.04. The molecule has 1 amide bonds. The van der Waals surface area contributed by atoms with Crippen molar-refractivity contribution in [3.8, 4) is 0 Å². The van der Waals surface area contributed by atoms with Gasteiger partial charge in [-0.05, 0) is 43.1 Å². The van der Waals surface area contributed by atoms with Crippen molar-refractivity contribution in [1.82, 2.24) is 5.32 Å². The summed E-state index contributed by atoms with van der Waals surface area (Å²) in [6.07, 6.45) is 3.88. The van der Waals surface area contributed by atoms with E-state index in [9.17, 15) is 13.2 Å². The van der Waals surface area contributed by atoms with Gasteiger partial charge in [-0.3, -0.25) is 4.79 Å². The van der Waals surface area contributed by atoms with Crippen LogP contribution in [0, 0.1) is 11.8 Å². The molecule has 1 fully saturated rings. The second-order valence-corrected chi connectivity index (χ2v) is 9.57. The summed E-state index contributed by atoms with van der Waals surface area (Å²) in [7, 11) is -2.87. The normalized spacial score (nSPS) is 27.3. The van der Waals surface area contributed by atoms with Crippen LogP contribution in [-0.4, -0.2) is 32.4 Å². The largest absolute Gasteiger partial charge is 0.352 e. The van der Waals surface area contributed by atoms with Crippen LogP contribution >= 0.6 is 11.3 Å². The number of amides is 1. The van der Waals surface area contributed by atoms with Gasteiger partial charge in [-0.15, -0.1) is 11.3 Å². The van der Waals surface area contributed by atoms with Gasteiger partial charge in [0, 0.05) is 16.8 Å². The lowest BCUT2D eigenvalue weighted by atomic mass is 9.88. The zero-order valence-corrected chi connectivity index (χ0v) is 13.9. The molecule has 0 spiro atoms. The van der Waals surface area contributed by atoms with Gasteiger partial charge < -0.3 is 5.32 Å². The van der Waals surface area contributed by atoms with Crippen LogP contribution in [0.25, 0.3) is 0 Å². The zero-order chi connectivity index (χ0) is 15.0. The molecule has 1 saturated heterocycles. The molecular weight excluding hydrogens is 306 g/mol. The molecule has 1 aliphatic carbocycles. The van der Waals surface area contributed by atoms with Crippen molar-refractivity contribution < 1.29 is 13.2 Å². The molecule has 2 unspecified atom stereocenters. The number of rotatable bonds is 3. The molecule has 1 aromatic rings. The van der Waals surface area contributed by atoms with E-state index in [1.807, 2.05) is 5.38 Å². The van der Waals surface area contributed by atoms with Gasteiger partial charge in [0.15, 0.2) is 9.84 Å². The number of carbonyl (C=O) groups is 1. The highest BCUT2D eigenvalue weighted by molar-refractivity contribution is 7.91. The van der Waals surface area contributed by atoms with Crippen molar-refractivity contribution >= 4 is 27.1 Å². The molecule has 0 bridgehead atoms. The molecule has 0 saturated carbocycles. The number of carbonyl (C=O) groups excluding carboxylic acids is 1. The van der Waals surface area contributed by atoms with Gasteiger partial charge in [0.25, 0.3) is 5.91 Å². The van der Waals surface area contributed by atoms with E-state index in [4.69, 9.17) is 0 Å². The van der Waals surface area contributed by atoms with Gasteiger partial charge in [-0.25, -0.2) is 8.42 Å². The maximum atomic E-state index is 12.3. The highest BCUT2D eigenvalue weighted by Gasteiger charge is 2.29. The summed E-state index contributed by atoms with van der Waals surface area (Å²) in [5, 5.41) is 4.89. The molecule has 1 aliphatic heterocycles. The van der Waals surface area contributed by atoms with Gasteiger partial charge in [-0.1, -0.05) is 6.92 Å². The molecule has 1 N–H and O–H groups in total. The first-order valence-corrected chi connectivity index (χ1v) is 10.2. The van der Waals surface area contributed by atoms with Crippen LogP contribution in [0.15, 0.2) is 5.38 Å². The number of hydrogen-bond donors (Lipinski definition) is 1. The Morgan fingerprint density at radius 1 is 1.43 bits per heavy atom. The van der Waals surface area contributed by atoms with Gasteiger partial charge in [0.05, 0.1) is 17.1 Å². The Morgan fingerprint density at radius 3 is 2.95 bits per heavy atom. The lowest BCUT2D eigenvalue weighted by molar-refractivity contribution is 0.0947. The number of hydrogen-bond acceptors (Lipinski definition) is 4. The minimum absolute atomic E-state index is 0.0358. The summed E-state index contributed by atoms with van der Waals surface area (Å²) in [6, 6.07) is 0. The Hall–Kier alpha value is -0.880. The summed E-state index contributed by atoms with van der Waals surface area (Å²) >= 11 is 1.69. The lowest BCUT2D eigenvalue weighted by Gasteiger charge is -2.19. The second-order valence-electron chi connectivity index (χ2n) is 6.38. The molecule has 2 aliphatic rings. The number of sulfone groups is 1. The fraction of sp³-hybridized carbons (Fsp3) is 0.667. The SMILES string of the molecule is CC1CCc2c(C(=O)NCC3CCS(=O)(=O)C3)csc2C1. The molecule has 21 heavy (non-hydrogen) atoms. The van der Waals surface area contributed by atoms with Crippen molar-refractivity contribution in [1.29, 1.82) is 0 Å². The third kappa shape index (κ3) is 3.31. The summed E-state index contributed by atoms with van der Waals surface area (Å²) in [4.78, 5) is 13.7. The average Bonchev–Trinajstić information content (AvgIpc) is 2.98. The Labute approximate surface area is 129 Å². The van der Waals surface area contributed by atoms with Crippen LogP contribution in [0.1, 0.15) is 40.6 Å². The van der Waals surface area contributed by atoms with Gasteiger partial charge in [-0.2, -0.15) is 0 Å². The summed E-state index contributed by atoms with van der Waals surface area (Å²) < 4.78 is 22.9. The van der Waals surface area contributed by atoms with Crippen molar-refractivity contribution in [3.05, 3.63) is 21.4 Å². The molecule has 4 nitrogen and oxygen atoms in total. The number of nitrogens with one attached hydrogen (secondary N) is 1.